The predicted molar refractivity (Wildman–Crippen MR) is 96.5 cm³/mol. The van der Waals surface area contributed by atoms with Crippen LogP contribution in [0.2, 0.25) is 0 Å². The molecule has 0 unspecified atom stereocenters. The van der Waals surface area contributed by atoms with Crippen molar-refractivity contribution in [1.29, 1.82) is 0 Å². The molecule has 0 amide bonds. The Kier molecular flexibility index (Phi) is 5.93. The van der Waals surface area contributed by atoms with E-state index in [1.807, 2.05) is 41.9 Å². The Balaban J connectivity index is 1.84. The van der Waals surface area contributed by atoms with Gasteiger partial charge in [-0.05, 0) is 19.9 Å². The summed E-state index contributed by atoms with van der Waals surface area (Å²) in [5.41, 5.74) is 0.640. The van der Waals surface area contributed by atoms with Crippen molar-refractivity contribution >= 4 is 0 Å². The average molecular weight is 397 g/mol. The number of aromatic nitrogens is 2. The Bertz CT molecular complexity index is 896. The van der Waals surface area contributed by atoms with E-state index < -0.39 is 17.6 Å². The molecule has 1 aromatic carbocycles. The Morgan fingerprint density at radius 1 is 1.21 bits per heavy atom. The number of hydrogen-bond donors (Lipinski definition) is 1. The molecule has 6 nitrogen and oxygen atoms in total. The second kappa shape index (κ2) is 8.22. The lowest BCUT2D eigenvalue weighted by molar-refractivity contribution is -0.145. The van der Waals surface area contributed by atoms with Gasteiger partial charge >= 0.3 is 6.18 Å². The minimum Gasteiger partial charge on any atom is -0.490 e. The SMILES string of the molecule is CCOc1cccc(CN2CCc3nc(C(F)(F)F)[nH]c(=O)c3C2)c1OCC. The second-order valence-electron chi connectivity index (χ2n) is 6.41. The monoisotopic (exact) mass is 397 g/mol. The van der Waals surface area contributed by atoms with E-state index in [1.54, 1.807) is 0 Å². The highest BCUT2D eigenvalue weighted by molar-refractivity contribution is 5.46. The molecule has 152 valence electrons. The minimum atomic E-state index is -4.67. The number of para-hydroxylation sites is 1. The zero-order valence-corrected chi connectivity index (χ0v) is 15.7. The molecule has 0 saturated carbocycles. The smallest absolute Gasteiger partial charge is 0.449 e. The van der Waals surface area contributed by atoms with Gasteiger partial charge in [0.2, 0.25) is 5.82 Å². The summed E-state index contributed by atoms with van der Waals surface area (Å²) >= 11 is 0. The first-order valence-corrected chi connectivity index (χ1v) is 9.12. The highest BCUT2D eigenvalue weighted by Crippen LogP contribution is 2.33. The van der Waals surface area contributed by atoms with Gasteiger partial charge in [0.05, 0.1) is 24.5 Å². The Morgan fingerprint density at radius 2 is 1.96 bits per heavy atom. The number of aromatic amines is 1. The lowest BCUT2D eigenvalue weighted by atomic mass is 10.1. The summed E-state index contributed by atoms with van der Waals surface area (Å²) in [6.45, 7) is 5.94. The molecular formula is C19H22F3N3O3. The molecular weight excluding hydrogens is 375 g/mol. The second-order valence-corrected chi connectivity index (χ2v) is 6.41. The van der Waals surface area contributed by atoms with Crippen molar-refractivity contribution in [3.63, 3.8) is 0 Å². The number of benzene rings is 1. The van der Waals surface area contributed by atoms with Gasteiger partial charge in [-0.2, -0.15) is 13.2 Å². The summed E-state index contributed by atoms with van der Waals surface area (Å²) < 4.78 is 49.9. The fourth-order valence-electron chi connectivity index (χ4n) is 3.25. The molecule has 0 saturated heterocycles. The number of alkyl halides is 3. The van der Waals surface area contributed by atoms with E-state index in [1.165, 1.54) is 0 Å². The summed E-state index contributed by atoms with van der Waals surface area (Å²) in [4.78, 5) is 19.6. The third kappa shape index (κ3) is 4.30. The van der Waals surface area contributed by atoms with Gasteiger partial charge in [-0.3, -0.25) is 9.69 Å². The van der Waals surface area contributed by atoms with Crippen LogP contribution in [0.1, 0.15) is 36.5 Å². The van der Waals surface area contributed by atoms with Gasteiger partial charge in [-0.25, -0.2) is 4.98 Å². The van der Waals surface area contributed by atoms with Crippen LogP contribution in [0, 0.1) is 0 Å². The van der Waals surface area contributed by atoms with E-state index in [9.17, 15) is 18.0 Å². The number of rotatable bonds is 6. The Morgan fingerprint density at radius 3 is 2.64 bits per heavy atom. The number of ether oxygens (including phenoxy) is 2. The molecule has 28 heavy (non-hydrogen) atoms. The molecule has 2 aromatic rings. The van der Waals surface area contributed by atoms with E-state index in [2.05, 4.69) is 4.98 Å². The van der Waals surface area contributed by atoms with Crippen molar-refractivity contribution in [3.05, 3.63) is 51.2 Å². The molecule has 0 radical (unpaired) electrons. The fourth-order valence-corrected chi connectivity index (χ4v) is 3.25. The van der Waals surface area contributed by atoms with Gasteiger partial charge in [-0.1, -0.05) is 12.1 Å². The lowest BCUT2D eigenvalue weighted by Gasteiger charge is -2.28. The van der Waals surface area contributed by atoms with Crippen molar-refractivity contribution in [1.82, 2.24) is 14.9 Å². The van der Waals surface area contributed by atoms with Gasteiger partial charge in [0, 0.05) is 31.6 Å². The van der Waals surface area contributed by atoms with E-state index in [0.29, 0.717) is 37.8 Å². The number of hydrogen-bond acceptors (Lipinski definition) is 5. The van der Waals surface area contributed by atoms with Gasteiger partial charge in [0.15, 0.2) is 11.5 Å². The van der Waals surface area contributed by atoms with Crippen molar-refractivity contribution < 1.29 is 22.6 Å². The van der Waals surface area contributed by atoms with Crippen LogP contribution < -0.4 is 15.0 Å². The molecule has 1 aliphatic rings. The molecule has 0 bridgehead atoms. The number of fused-ring (bicyclic) bond motifs is 1. The fraction of sp³-hybridized carbons (Fsp3) is 0.474. The van der Waals surface area contributed by atoms with E-state index in [4.69, 9.17) is 9.47 Å². The largest absolute Gasteiger partial charge is 0.490 e. The molecule has 1 aromatic heterocycles. The number of halogens is 3. The first-order chi connectivity index (χ1) is 13.3. The van der Waals surface area contributed by atoms with E-state index in [0.717, 1.165) is 5.56 Å². The highest BCUT2D eigenvalue weighted by atomic mass is 19.4. The van der Waals surface area contributed by atoms with Crippen LogP contribution in [0.3, 0.4) is 0 Å². The van der Waals surface area contributed by atoms with Gasteiger partial charge in [0.1, 0.15) is 0 Å². The van der Waals surface area contributed by atoms with Crippen LogP contribution in [-0.4, -0.2) is 34.6 Å². The topological polar surface area (TPSA) is 67.5 Å². The highest BCUT2D eigenvalue weighted by Gasteiger charge is 2.36. The third-order valence-electron chi connectivity index (χ3n) is 4.46. The molecule has 0 spiro atoms. The van der Waals surface area contributed by atoms with Crippen LogP contribution in [0.5, 0.6) is 11.5 Å². The number of nitrogens with zero attached hydrogens (tertiary/aromatic N) is 2. The molecule has 0 aliphatic carbocycles. The first-order valence-electron chi connectivity index (χ1n) is 9.12. The number of H-pyrrole nitrogens is 1. The van der Waals surface area contributed by atoms with Crippen molar-refractivity contribution in [2.45, 2.75) is 39.5 Å². The van der Waals surface area contributed by atoms with Gasteiger partial charge in [-0.15, -0.1) is 0 Å². The van der Waals surface area contributed by atoms with Crippen LogP contribution in [0.4, 0.5) is 13.2 Å². The summed E-state index contributed by atoms with van der Waals surface area (Å²) in [5.74, 6) is 0.0541. The Hall–Kier alpha value is -2.55. The molecule has 1 aliphatic heterocycles. The zero-order chi connectivity index (χ0) is 20.3. The average Bonchev–Trinajstić information content (AvgIpc) is 2.64. The van der Waals surface area contributed by atoms with E-state index >= 15 is 0 Å². The van der Waals surface area contributed by atoms with Crippen LogP contribution in [-0.2, 0) is 25.7 Å². The van der Waals surface area contributed by atoms with Crippen molar-refractivity contribution in [2.24, 2.45) is 0 Å². The molecule has 0 fully saturated rings. The van der Waals surface area contributed by atoms with Crippen LogP contribution in [0.25, 0.3) is 0 Å². The van der Waals surface area contributed by atoms with Crippen molar-refractivity contribution in [3.8, 4) is 11.5 Å². The van der Waals surface area contributed by atoms with Gasteiger partial charge < -0.3 is 14.5 Å². The maximum absolute atomic E-state index is 12.9. The quantitative estimate of drug-likeness (QED) is 0.811. The first kappa shape index (κ1) is 20.2. The zero-order valence-electron chi connectivity index (χ0n) is 15.7. The molecule has 9 heteroatoms. The standard InChI is InChI=1S/C19H22F3N3O3/c1-3-27-15-7-5-6-12(16(15)28-4-2)10-25-9-8-14-13(11-25)17(26)24-18(23-14)19(20,21)22/h5-7H,3-4,8-11H2,1-2H3,(H,23,24,26). The minimum absolute atomic E-state index is 0.209. The molecule has 3 rings (SSSR count). The normalized spacial score (nSPS) is 14.6. The van der Waals surface area contributed by atoms with Gasteiger partial charge in [0.25, 0.3) is 5.56 Å². The number of nitrogens with one attached hydrogen (secondary N) is 1. The molecule has 0 atom stereocenters. The third-order valence-corrected chi connectivity index (χ3v) is 4.46. The lowest BCUT2D eigenvalue weighted by Crippen LogP contribution is -2.36. The maximum Gasteiger partial charge on any atom is 0.449 e. The van der Waals surface area contributed by atoms with Crippen LogP contribution >= 0.6 is 0 Å². The predicted octanol–water partition coefficient (Wildman–Crippen LogP) is 3.14. The summed E-state index contributed by atoms with van der Waals surface area (Å²) in [5, 5.41) is 0. The Labute approximate surface area is 160 Å². The molecule has 1 N–H and O–H groups in total. The maximum atomic E-state index is 12.9. The summed E-state index contributed by atoms with van der Waals surface area (Å²) in [6.07, 6.45) is -4.39. The summed E-state index contributed by atoms with van der Waals surface area (Å²) in [7, 11) is 0. The van der Waals surface area contributed by atoms with Crippen molar-refractivity contribution in [2.75, 3.05) is 19.8 Å². The molecule has 2 heterocycles. The van der Waals surface area contributed by atoms with Crippen LogP contribution in [0.15, 0.2) is 23.0 Å². The summed E-state index contributed by atoms with van der Waals surface area (Å²) in [6, 6.07) is 5.61. The van der Waals surface area contributed by atoms with E-state index in [-0.39, 0.29) is 24.2 Å².